The van der Waals surface area contributed by atoms with E-state index in [4.69, 9.17) is 4.42 Å². The van der Waals surface area contributed by atoms with Crippen LogP contribution < -0.4 is 5.32 Å². The molecule has 0 saturated heterocycles. The van der Waals surface area contributed by atoms with Crippen molar-refractivity contribution < 1.29 is 9.21 Å². The molecule has 0 radical (unpaired) electrons. The van der Waals surface area contributed by atoms with E-state index in [9.17, 15) is 4.79 Å². The van der Waals surface area contributed by atoms with Gasteiger partial charge in [-0.1, -0.05) is 32.1 Å². The van der Waals surface area contributed by atoms with Gasteiger partial charge in [-0.2, -0.15) is 0 Å². The Bertz CT molecular complexity index is 549. The Morgan fingerprint density at radius 2 is 2.20 bits per heavy atom. The van der Waals surface area contributed by atoms with E-state index in [1.807, 2.05) is 32.1 Å². The Kier molecular flexibility index (Phi) is 4.17. The molecule has 0 aliphatic heterocycles. The summed E-state index contributed by atoms with van der Waals surface area (Å²) >= 11 is 0. The predicted molar refractivity (Wildman–Crippen MR) is 80.4 cm³/mol. The van der Waals surface area contributed by atoms with Crippen LogP contribution in [0.3, 0.4) is 0 Å². The van der Waals surface area contributed by atoms with Crippen molar-refractivity contribution in [2.75, 3.05) is 0 Å². The van der Waals surface area contributed by atoms with E-state index in [-0.39, 0.29) is 17.4 Å². The number of aryl methyl sites for hydroxylation is 1. The van der Waals surface area contributed by atoms with E-state index < -0.39 is 0 Å². The van der Waals surface area contributed by atoms with Crippen LogP contribution in [0.5, 0.6) is 0 Å². The van der Waals surface area contributed by atoms with E-state index in [1.165, 1.54) is 0 Å². The second-order valence-electron chi connectivity index (χ2n) is 6.23. The second-order valence-corrected chi connectivity index (χ2v) is 6.23. The molecular weight excluding hydrogens is 250 g/mol. The van der Waals surface area contributed by atoms with Gasteiger partial charge in [-0.15, -0.1) is 0 Å². The molecule has 1 heterocycles. The molecular formula is C17H23NO2. The average Bonchev–Trinajstić information content (AvgIpc) is 2.68. The van der Waals surface area contributed by atoms with Gasteiger partial charge in [0.05, 0.1) is 6.04 Å². The first-order chi connectivity index (χ1) is 9.41. The highest BCUT2D eigenvalue weighted by atomic mass is 16.3. The Balaban J connectivity index is 2.16. The lowest BCUT2D eigenvalue weighted by Gasteiger charge is -2.34. The summed E-state index contributed by atoms with van der Waals surface area (Å²) in [5.74, 6) is 1.87. The summed E-state index contributed by atoms with van der Waals surface area (Å²) < 4.78 is 5.77. The lowest BCUT2D eigenvalue weighted by atomic mass is 9.74. The van der Waals surface area contributed by atoms with Crippen molar-refractivity contribution in [3.05, 3.63) is 47.5 Å². The minimum atomic E-state index is -0.0596. The number of rotatable bonds is 3. The summed E-state index contributed by atoms with van der Waals surface area (Å²) in [6.45, 7) is 8.30. The molecule has 1 aliphatic rings. The van der Waals surface area contributed by atoms with Gasteiger partial charge in [0.15, 0.2) is 0 Å². The third kappa shape index (κ3) is 3.41. The van der Waals surface area contributed by atoms with Gasteiger partial charge in [-0.3, -0.25) is 4.79 Å². The molecule has 3 nitrogen and oxygen atoms in total. The summed E-state index contributed by atoms with van der Waals surface area (Å²) in [7, 11) is 0. The summed E-state index contributed by atoms with van der Waals surface area (Å²) in [5.41, 5.74) is 1.28. The fourth-order valence-electron chi connectivity index (χ4n) is 2.79. The third-order valence-electron chi connectivity index (χ3n) is 3.60. The number of allylic oxidation sites excluding steroid dienone is 3. The van der Waals surface area contributed by atoms with Crippen molar-refractivity contribution >= 4 is 5.91 Å². The highest BCUT2D eigenvalue weighted by molar-refractivity contribution is 5.88. The number of hydrogen-bond donors (Lipinski definition) is 1. The van der Waals surface area contributed by atoms with E-state index in [2.05, 4.69) is 19.2 Å². The Hall–Kier alpha value is -1.77. The van der Waals surface area contributed by atoms with E-state index >= 15 is 0 Å². The maximum Gasteiger partial charge on any atom is 0.244 e. The smallest absolute Gasteiger partial charge is 0.244 e. The van der Waals surface area contributed by atoms with Gasteiger partial charge >= 0.3 is 0 Å². The van der Waals surface area contributed by atoms with Gasteiger partial charge in [0.1, 0.15) is 11.5 Å². The minimum Gasteiger partial charge on any atom is -0.466 e. The molecule has 1 atom stereocenters. The molecule has 1 N–H and O–H groups in total. The maximum atomic E-state index is 12.0. The molecule has 1 aliphatic carbocycles. The third-order valence-corrected chi connectivity index (χ3v) is 3.60. The molecule has 108 valence electrons. The highest BCUT2D eigenvalue weighted by Gasteiger charge is 2.35. The monoisotopic (exact) mass is 273 g/mol. The van der Waals surface area contributed by atoms with Crippen LogP contribution in [0.25, 0.3) is 0 Å². The van der Waals surface area contributed by atoms with Crippen molar-refractivity contribution in [2.45, 2.75) is 46.6 Å². The van der Waals surface area contributed by atoms with Crippen molar-refractivity contribution in [3.63, 3.8) is 0 Å². The lowest BCUT2D eigenvalue weighted by molar-refractivity contribution is -0.117. The van der Waals surface area contributed by atoms with Crippen molar-refractivity contribution in [1.82, 2.24) is 5.32 Å². The normalized spacial score (nSPS) is 21.3. The van der Waals surface area contributed by atoms with Gasteiger partial charge in [-0.05, 0) is 31.7 Å². The first-order valence-corrected chi connectivity index (χ1v) is 7.10. The first kappa shape index (κ1) is 14.6. The zero-order valence-corrected chi connectivity index (χ0v) is 12.7. The van der Waals surface area contributed by atoms with Gasteiger partial charge in [0.25, 0.3) is 0 Å². The molecule has 0 saturated carbocycles. The fourth-order valence-corrected chi connectivity index (χ4v) is 2.79. The zero-order valence-electron chi connectivity index (χ0n) is 12.7. The molecule has 0 spiro atoms. The summed E-state index contributed by atoms with van der Waals surface area (Å²) in [5, 5.41) is 3.08. The number of carbonyl (C=O) groups excluding carboxylic acids is 1. The van der Waals surface area contributed by atoms with E-state index in [0.717, 1.165) is 29.9 Å². The number of furan rings is 1. The summed E-state index contributed by atoms with van der Waals surface area (Å²) in [6.07, 6.45) is 8.92. The Morgan fingerprint density at radius 1 is 1.45 bits per heavy atom. The largest absolute Gasteiger partial charge is 0.466 e. The number of hydrogen-bond acceptors (Lipinski definition) is 2. The number of carbonyl (C=O) groups is 1. The number of nitrogens with one attached hydrogen (secondary N) is 1. The summed E-state index contributed by atoms with van der Waals surface area (Å²) in [6, 6.07) is 2.08. The topological polar surface area (TPSA) is 42.2 Å². The molecule has 1 aromatic rings. The van der Waals surface area contributed by atoms with Crippen LogP contribution in [-0.4, -0.2) is 5.91 Å². The molecule has 0 fully saturated rings. The van der Waals surface area contributed by atoms with Gasteiger partial charge in [-0.25, -0.2) is 0 Å². The zero-order chi connectivity index (χ0) is 14.8. The number of amides is 1. The van der Waals surface area contributed by atoms with Crippen LogP contribution in [0, 0.1) is 12.3 Å². The van der Waals surface area contributed by atoms with Crippen LogP contribution in [-0.2, 0) is 11.2 Å². The lowest BCUT2D eigenvalue weighted by Crippen LogP contribution is -2.35. The average molecular weight is 273 g/mol. The molecule has 1 amide bonds. The van der Waals surface area contributed by atoms with Crippen LogP contribution in [0.1, 0.15) is 50.3 Å². The van der Waals surface area contributed by atoms with Gasteiger partial charge in [0, 0.05) is 18.1 Å². The molecule has 3 heteroatoms. The van der Waals surface area contributed by atoms with Crippen molar-refractivity contribution in [1.29, 1.82) is 0 Å². The molecule has 20 heavy (non-hydrogen) atoms. The van der Waals surface area contributed by atoms with Gasteiger partial charge in [0.2, 0.25) is 5.91 Å². The fraction of sp³-hybridized carbons (Fsp3) is 0.471. The highest BCUT2D eigenvalue weighted by Crippen LogP contribution is 2.41. The SMILES string of the molecule is C/C=C/C=C/C(=O)NC1CC(C)(C)Cc2oc(C)cc21. The second kappa shape index (κ2) is 5.70. The quantitative estimate of drug-likeness (QED) is 0.671. The minimum absolute atomic E-state index is 0.0361. The van der Waals surface area contributed by atoms with Crippen LogP contribution >= 0.6 is 0 Å². The van der Waals surface area contributed by atoms with E-state index in [1.54, 1.807) is 12.2 Å². The molecule has 2 rings (SSSR count). The summed E-state index contributed by atoms with van der Waals surface area (Å²) in [4.78, 5) is 12.0. The van der Waals surface area contributed by atoms with Crippen molar-refractivity contribution in [2.24, 2.45) is 5.41 Å². The predicted octanol–water partition coefficient (Wildman–Crippen LogP) is 3.85. The molecule has 1 aromatic heterocycles. The first-order valence-electron chi connectivity index (χ1n) is 7.10. The number of fused-ring (bicyclic) bond motifs is 1. The Morgan fingerprint density at radius 3 is 2.90 bits per heavy atom. The van der Waals surface area contributed by atoms with Gasteiger partial charge < -0.3 is 9.73 Å². The van der Waals surface area contributed by atoms with Crippen molar-refractivity contribution in [3.8, 4) is 0 Å². The maximum absolute atomic E-state index is 12.0. The van der Waals surface area contributed by atoms with Crippen LogP contribution in [0.4, 0.5) is 0 Å². The Labute approximate surface area is 120 Å². The molecule has 1 unspecified atom stereocenters. The molecule has 0 bridgehead atoms. The van der Waals surface area contributed by atoms with Crippen LogP contribution in [0.2, 0.25) is 0 Å². The van der Waals surface area contributed by atoms with E-state index in [0.29, 0.717) is 0 Å². The van der Waals surface area contributed by atoms with Crippen LogP contribution in [0.15, 0.2) is 34.8 Å². The standard InChI is InChI=1S/C17H23NO2/c1-5-6-7-8-16(19)18-14-10-17(3,4)11-15-13(14)9-12(2)20-15/h5-9,14H,10-11H2,1-4H3,(H,18,19)/b6-5+,8-7+. The molecule has 0 aromatic carbocycles.